The van der Waals surface area contributed by atoms with Gasteiger partial charge in [0.05, 0.1) is 4.99 Å². The highest BCUT2D eigenvalue weighted by molar-refractivity contribution is 7.80. The zero-order valence-electron chi connectivity index (χ0n) is 10.6. The van der Waals surface area contributed by atoms with Gasteiger partial charge in [-0.3, -0.25) is 0 Å². The Hall–Kier alpha value is -1.04. The molecule has 0 fully saturated rings. The highest BCUT2D eigenvalue weighted by atomic mass is 32.1. The van der Waals surface area contributed by atoms with Gasteiger partial charge in [-0.05, 0) is 29.7 Å². The van der Waals surface area contributed by atoms with Crippen molar-refractivity contribution in [1.29, 1.82) is 0 Å². The van der Waals surface area contributed by atoms with Crippen LogP contribution in [0.5, 0.6) is 0 Å². The third kappa shape index (κ3) is 5.72. The molecular formula is C11H21N5S. The van der Waals surface area contributed by atoms with E-state index in [1.54, 1.807) is 4.68 Å². The molecule has 6 heteroatoms. The van der Waals surface area contributed by atoms with Crippen LogP contribution in [-0.2, 0) is 13.5 Å². The minimum Gasteiger partial charge on any atom is -0.380 e. The lowest BCUT2D eigenvalue weighted by molar-refractivity contribution is 0.659. The summed E-state index contributed by atoms with van der Waals surface area (Å²) in [5, 5.41) is 14.6. The largest absolute Gasteiger partial charge is 0.380 e. The van der Waals surface area contributed by atoms with Gasteiger partial charge >= 0.3 is 0 Å². The predicted molar refractivity (Wildman–Crippen MR) is 71.9 cm³/mol. The maximum Gasteiger partial charge on any atom is 0.150 e. The smallest absolute Gasteiger partial charge is 0.150 e. The Labute approximate surface area is 108 Å². The number of unbranched alkanes of at least 4 members (excludes halogenated alkanes) is 2. The fourth-order valence-electron chi connectivity index (χ4n) is 1.56. The van der Waals surface area contributed by atoms with Crippen LogP contribution in [-0.4, -0.2) is 31.7 Å². The van der Waals surface area contributed by atoms with Crippen LogP contribution in [0.25, 0.3) is 0 Å². The number of rotatable bonds is 8. The van der Waals surface area contributed by atoms with E-state index in [0.717, 1.165) is 36.6 Å². The van der Waals surface area contributed by atoms with Crippen molar-refractivity contribution in [3.8, 4) is 0 Å². The van der Waals surface area contributed by atoms with E-state index < -0.39 is 0 Å². The van der Waals surface area contributed by atoms with Gasteiger partial charge in [-0.15, -0.1) is 5.10 Å². The first-order valence-corrected chi connectivity index (χ1v) is 6.62. The summed E-state index contributed by atoms with van der Waals surface area (Å²) >= 11 is 5.26. The van der Waals surface area contributed by atoms with Gasteiger partial charge < -0.3 is 5.32 Å². The standard InChI is InChI=1S/C11H21N5S/c1-3-4-5-9-12-11(17)8-6-7-10-13-14-15-16(10)2/h3-9H2,1-2H3,(H,12,17). The molecule has 0 amide bonds. The van der Waals surface area contributed by atoms with Crippen LogP contribution >= 0.6 is 12.2 Å². The summed E-state index contributed by atoms with van der Waals surface area (Å²) in [6.45, 7) is 3.20. The van der Waals surface area contributed by atoms with Gasteiger partial charge in [-0.2, -0.15) is 0 Å². The fraction of sp³-hybridized carbons (Fsp3) is 0.818. The molecule has 0 spiro atoms. The van der Waals surface area contributed by atoms with Crippen molar-refractivity contribution in [1.82, 2.24) is 25.5 Å². The molecular weight excluding hydrogens is 234 g/mol. The second-order valence-corrected chi connectivity index (χ2v) is 4.62. The lowest BCUT2D eigenvalue weighted by Gasteiger charge is -2.06. The maximum atomic E-state index is 5.26. The Morgan fingerprint density at radius 1 is 1.35 bits per heavy atom. The number of hydrogen-bond acceptors (Lipinski definition) is 4. The normalized spacial score (nSPS) is 10.5. The minimum atomic E-state index is 0.875. The zero-order chi connectivity index (χ0) is 12.5. The van der Waals surface area contributed by atoms with Gasteiger partial charge in [-0.25, -0.2) is 4.68 Å². The van der Waals surface area contributed by atoms with Gasteiger partial charge in [0.1, 0.15) is 0 Å². The van der Waals surface area contributed by atoms with E-state index in [1.807, 2.05) is 7.05 Å². The molecule has 0 unspecified atom stereocenters. The molecule has 5 nitrogen and oxygen atoms in total. The van der Waals surface area contributed by atoms with Crippen molar-refractivity contribution in [2.45, 2.75) is 45.4 Å². The summed E-state index contributed by atoms with van der Waals surface area (Å²) in [6.07, 6.45) is 6.49. The summed E-state index contributed by atoms with van der Waals surface area (Å²) in [7, 11) is 1.86. The molecule has 1 aromatic heterocycles. The topological polar surface area (TPSA) is 55.6 Å². The third-order valence-corrected chi connectivity index (χ3v) is 2.96. The highest BCUT2D eigenvalue weighted by Crippen LogP contribution is 2.00. The number of thiocarbonyl (C=S) groups is 1. The number of tetrazole rings is 1. The second kappa shape index (κ2) is 8.11. The average Bonchev–Trinajstić information content (AvgIpc) is 2.71. The molecule has 0 aliphatic carbocycles. The molecule has 0 saturated carbocycles. The number of hydrogen-bond donors (Lipinski definition) is 1. The first kappa shape index (κ1) is 14.0. The molecule has 1 rings (SSSR count). The Morgan fingerprint density at radius 3 is 2.82 bits per heavy atom. The number of nitrogens with one attached hydrogen (secondary N) is 1. The summed E-state index contributed by atoms with van der Waals surface area (Å²) in [5.41, 5.74) is 0. The highest BCUT2D eigenvalue weighted by Gasteiger charge is 2.02. The van der Waals surface area contributed by atoms with Crippen molar-refractivity contribution in [2.24, 2.45) is 7.05 Å². The van der Waals surface area contributed by atoms with Crippen molar-refractivity contribution >= 4 is 17.2 Å². The number of aryl methyl sites for hydroxylation is 2. The maximum absolute atomic E-state index is 5.26. The Balaban J connectivity index is 2.06. The van der Waals surface area contributed by atoms with E-state index in [1.165, 1.54) is 19.3 Å². The molecule has 0 radical (unpaired) electrons. The molecule has 0 aliphatic heterocycles. The van der Waals surface area contributed by atoms with Crippen LogP contribution in [0.2, 0.25) is 0 Å². The molecule has 0 bridgehead atoms. The summed E-state index contributed by atoms with van der Waals surface area (Å²) in [5.74, 6) is 0.916. The fourth-order valence-corrected chi connectivity index (χ4v) is 1.80. The third-order valence-electron chi connectivity index (χ3n) is 2.61. The molecule has 1 heterocycles. The second-order valence-electron chi connectivity index (χ2n) is 4.13. The summed E-state index contributed by atoms with van der Waals surface area (Å²) < 4.78 is 1.71. The van der Waals surface area contributed by atoms with Crippen LogP contribution < -0.4 is 5.32 Å². The van der Waals surface area contributed by atoms with E-state index in [4.69, 9.17) is 12.2 Å². The van der Waals surface area contributed by atoms with E-state index in [9.17, 15) is 0 Å². The molecule has 0 aliphatic rings. The lowest BCUT2D eigenvalue weighted by atomic mass is 10.2. The van der Waals surface area contributed by atoms with Crippen molar-refractivity contribution in [3.63, 3.8) is 0 Å². The molecule has 1 N–H and O–H groups in total. The van der Waals surface area contributed by atoms with Gasteiger partial charge in [-0.1, -0.05) is 32.0 Å². The Bertz CT molecular complexity index is 336. The first-order chi connectivity index (χ1) is 8.24. The van der Waals surface area contributed by atoms with Crippen LogP contribution in [0.1, 0.15) is 44.9 Å². The van der Waals surface area contributed by atoms with Crippen LogP contribution in [0.4, 0.5) is 0 Å². The van der Waals surface area contributed by atoms with E-state index in [2.05, 4.69) is 27.8 Å². The van der Waals surface area contributed by atoms with E-state index in [0.29, 0.717) is 0 Å². The van der Waals surface area contributed by atoms with Gasteiger partial charge in [0.2, 0.25) is 0 Å². The molecule has 0 saturated heterocycles. The van der Waals surface area contributed by atoms with Crippen LogP contribution in [0, 0.1) is 0 Å². The SMILES string of the molecule is CCCCCNC(=S)CCCc1nnnn1C. The van der Waals surface area contributed by atoms with Crippen LogP contribution in [0.3, 0.4) is 0 Å². The predicted octanol–water partition coefficient (Wildman–Crippen LogP) is 1.64. The minimum absolute atomic E-state index is 0.875. The van der Waals surface area contributed by atoms with Crippen molar-refractivity contribution < 1.29 is 0 Å². The van der Waals surface area contributed by atoms with Gasteiger partial charge in [0.15, 0.2) is 5.82 Å². The zero-order valence-corrected chi connectivity index (χ0v) is 11.5. The summed E-state index contributed by atoms with van der Waals surface area (Å²) in [6, 6.07) is 0. The van der Waals surface area contributed by atoms with Crippen molar-refractivity contribution in [3.05, 3.63) is 5.82 Å². The molecule has 0 aromatic carbocycles. The molecule has 1 aromatic rings. The number of aromatic nitrogens is 4. The van der Waals surface area contributed by atoms with E-state index in [-0.39, 0.29) is 0 Å². The van der Waals surface area contributed by atoms with Gasteiger partial charge in [0.25, 0.3) is 0 Å². The monoisotopic (exact) mass is 255 g/mol. The van der Waals surface area contributed by atoms with Crippen molar-refractivity contribution in [2.75, 3.05) is 6.54 Å². The quantitative estimate of drug-likeness (QED) is 0.565. The Morgan fingerprint density at radius 2 is 2.18 bits per heavy atom. The molecule has 96 valence electrons. The lowest BCUT2D eigenvalue weighted by Crippen LogP contribution is -2.22. The first-order valence-electron chi connectivity index (χ1n) is 6.22. The average molecular weight is 255 g/mol. The van der Waals surface area contributed by atoms with Crippen LogP contribution in [0.15, 0.2) is 0 Å². The molecule has 0 atom stereocenters. The van der Waals surface area contributed by atoms with E-state index >= 15 is 0 Å². The summed E-state index contributed by atoms with van der Waals surface area (Å²) in [4.78, 5) is 0.955. The number of nitrogens with zero attached hydrogens (tertiary/aromatic N) is 4. The Kier molecular flexibility index (Phi) is 6.69. The van der Waals surface area contributed by atoms with Gasteiger partial charge in [0, 0.05) is 20.0 Å². The molecule has 17 heavy (non-hydrogen) atoms.